The summed E-state index contributed by atoms with van der Waals surface area (Å²) in [6.07, 6.45) is -4.80. The van der Waals surface area contributed by atoms with Crippen molar-refractivity contribution in [3.63, 3.8) is 0 Å². The van der Waals surface area contributed by atoms with E-state index in [9.17, 15) is 27.2 Å². The van der Waals surface area contributed by atoms with Crippen molar-refractivity contribution in [1.82, 2.24) is 0 Å². The largest absolute Gasteiger partial charge is 0.465 e. The number of nitrogens with two attached hydrogens (primary N) is 1. The quantitative estimate of drug-likeness (QED) is 0.182. The number of hydrogen-bond donors (Lipinski definition) is 1. The Bertz CT molecular complexity index is 1140. The summed E-state index contributed by atoms with van der Waals surface area (Å²) in [6, 6.07) is 4.95. The van der Waals surface area contributed by atoms with Crippen LogP contribution in [-0.4, -0.2) is 30.7 Å². The van der Waals surface area contributed by atoms with Crippen LogP contribution in [0.5, 0.6) is 0 Å². The van der Waals surface area contributed by atoms with Gasteiger partial charge in [0.25, 0.3) is 5.67 Å². The third-order valence-electron chi connectivity index (χ3n) is 4.89. The lowest BCUT2D eigenvalue weighted by Crippen LogP contribution is -2.51. The van der Waals surface area contributed by atoms with E-state index in [1.165, 1.54) is 18.2 Å². The summed E-state index contributed by atoms with van der Waals surface area (Å²) >= 11 is 17.9. The van der Waals surface area contributed by atoms with Gasteiger partial charge in [-0.1, -0.05) is 40.9 Å². The molecule has 0 radical (unpaired) electrons. The van der Waals surface area contributed by atoms with Crippen molar-refractivity contribution >= 4 is 52.3 Å². The van der Waals surface area contributed by atoms with E-state index in [-0.39, 0.29) is 21.8 Å². The van der Waals surface area contributed by atoms with E-state index in [0.29, 0.717) is 26.0 Å². The number of esters is 1. The summed E-state index contributed by atoms with van der Waals surface area (Å²) in [5, 5.41) is -1.25. The van der Waals surface area contributed by atoms with Gasteiger partial charge in [0.2, 0.25) is 0 Å². The molecular formula is C22H17Cl3F5NO3. The van der Waals surface area contributed by atoms with Gasteiger partial charge in [-0.05, 0) is 43.7 Å². The molecule has 2 aromatic rings. The Morgan fingerprint density at radius 1 is 0.941 bits per heavy atom. The molecule has 0 bridgehead atoms. The van der Waals surface area contributed by atoms with Gasteiger partial charge in [0.15, 0.2) is 11.5 Å². The molecule has 0 heterocycles. The minimum absolute atomic E-state index is 0.0360. The number of methoxy groups -OCH3 is 1. The average molecular weight is 545 g/mol. The van der Waals surface area contributed by atoms with Crippen molar-refractivity contribution < 1.29 is 36.3 Å². The Morgan fingerprint density at radius 2 is 1.47 bits per heavy atom. The lowest BCUT2D eigenvalue weighted by molar-refractivity contribution is -0.274. The van der Waals surface area contributed by atoms with Gasteiger partial charge in [-0.25, -0.2) is 13.6 Å². The maximum atomic E-state index is 15.0. The highest BCUT2D eigenvalue weighted by molar-refractivity contribution is 6.41. The minimum Gasteiger partial charge on any atom is -0.465 e. The zero-order chi connectivity index (χ0) is 26.2. The average Bonchev–Trinajstić information content (AvgIpc) is 2.70. The molecule has 0 aliphatic heterocycles. The molecule has 12 heteroatoms. The third kappa shape index (κ3) is 5.16. The van der Waals surface area contributed by atoms with E-state index >= 15 is 4.39 Å². The third-order valence-corrected chi connectivity index (χ3v) is 5.81. The number of allylic oxidation sites excluding steroid dienone is 1. The molecule has 1 unspecified atom stereocenters. The van der Waals surface area contributed by atoms with Crippen LogP contribution in [0.1, 0.15) is 45.7 Å². The maximum absolute atomic E-state index is 15.0. The number of rotatable bonds is 6. The second-order valence-electron chi connectivity index (χ2n) is 7.59. The number of ketones is 1. The van der Waals surface area contributed by atoms with Crippen molar-refractivity contribution in [2.75, 3.05) is 7.11 Å². The zero-order valence-electron chi connectivity index (χ0n) is 17.8. The van der Waals surface area contributed by atoms with Crippen LogP contribution in [-0.2, 0) is 10.4 Å². The molecule has 0 aromatic heterocycles. The van der Waals surface area contributed by atoms with Crippen LogP contribution in [0.25, 0.3) is 5.70 Å². The number of carbonyl (C=O) groups excluding carboxylic acids is 2. The Hall–Kier alpha value is -2.36. The molecule has 0 aliphatic carbocycles. The summed E-state index contributed by atoms with van der Waals surface area (Å²) < 4.78 is 74.4. The highest BCUT2D eigenvalue weighted by Gasteiger charge is 2.67. The van der Waals surface area contributed by atoms with E-state index in [1.54, 1.807) is 0 Å². The Labute approximate surface area is 206 Å². The fourth-order valence-corrected chi connectivity index (χ4v) is 3.99. The summed E-state index contributed by atoms with van der Waals surface area (Å²) in [5.41, 5.74) is -3.69. The van der Waals surface area contributed by atoms with Gasteiger partial charge in [-0.3, -0.25) is 4.79 Å². The number of alkyl halides is 5. The predicted octanol–water partition coefficient (Wildman–Crippen LogP) is 7.09. The smallest absolute Gasteiger partial charge is 0.429 e. The number of hydrogen-bond acceptors (Lipinski definition) is 4. The van der Waals surface area contributed by atoms with Crippen LogP contribution in [0.2, 0.25) is 15.1 Å². The van der Waals surface area contributed by atoms with E-state index in [4.69, 9.17) is 40.5 Å². The Morgan fingerprint density at radius 3 is 1.91 bits per heavy atom. The second kappa shape index (κ2) is 9.71. The van der Waals surface area contributed by atoms with Crippen molar-refractivity contribution in [3.8, 4) is 0 Å². The normalized spacial score (nSPS) is 14.5. The Balaban J connectivity index is 2.55. The molecule has 0 spiro atoms. The fraction of sp³-hybridized carbons (Fsp3) is 0.273. The van der Waals surface area contributed by atoms with Gasteiger partial charge >= 0.3 is 12.1 Å². The molecule has 0 amide bonds. The highest BCUT2D eigenvalue weighted by atomic mass is 35.5. The van der Waals surface area contributed by atoms with Crippen LogP contribution in [0.15, 0.2) is 36.4 Å². The summed E-state index contributed by atoms with van der Waals surface area (Å²) in [7, 11) is 1.14. The first-order valence-electron chi connectivity index (χ1n) is 9.29. The van der Waals surface area contributed by atoms with Crippen LogP contribution in [0.3, 0.4) is 0 Å². The van der Waals surface area contributed by atoms with E-state index in [1.807, 2.05) is 0 Å². The number of benzene rings is 2. The second-order valence-corrected chi connectivity index (χ2v) is 8.82. The highest BCUT2D eigenvalue weighted by Crippen LogP contribution is 2.52. The van der Waals surface area contributed by atoms with Crippen molar-refractivity contribution in [3.05, 3.63) is 73.7 Å². The first kappa shape index (κ1) is 27.9. The van der Waals surface area contributed by atoms with Gasteiger partial charge in [-0.15, -0.1) is 0 Å². The fourth-order valence-electron chi connectivity index (χ4n) is 3.12. The molecule has 34 heavy (non-hydrogen) atoms. The maximum Gasteiger partial charge on any atom is 0.429 e. The van der Waals surface area contributed by atoms with Crippen molar-refractivity contribution in [2.24, 2.45) is 5.73 Å². The molecule has 0 saturated heterocycles. The van der Waals surface area contributed by atoms with Gasteiger partial charge in [0, 0.05) is 17.3 Å². The van der Waals surface area contributed by atoms with Crippen LogP contribution < -0.4 is 5.73 Å². The first-order valence-corrected chi connectivity index (χ1v) is 10.4. The lowest BCUT2D eigenvalue weighted by atomic mass is 9.81. The molecule has 0 aliphatic rings. The molecule has 0 fully saturated rings. The molecule has 184 valence electrons. The van der Waals surface area contributed by atoms with Crippen LogP contribution >= 0.6 is 34.8 Å². The molecule has 2 rings (SSSR count). The number of carbonyl (C=O) groups is 2. The monoisotopic (exact) mass is 543 g/mol. The van der Waals surface area contributed by atoms with Crippen LogP contribution in [0.4, 0.5) is 22.0 Å². The van der Waals surface area contributed by atoms with Gasteiger partial charge in [-0.2, -0.15) is 13.2 Å². The molecule has 2 N–H and O–H groups in total. The topological polar surface area (TPSA) is 69.4 Å². The molecule has 2 aromatic carbocycles. The van der Waals surface area contributed by atoms with Crippen molar-refractivity contribution in [2.45, 2.75) is 31.4 Å². The Kier molecular flexibility index (Phi) is 7.97. The lowest BCUT2D eigenvalue weighted by Gasteiger charge is -2.36. The van der Waals surface area contributed by atoms with Gasteiger partial charge < -0.3 is 10.5 Å². The molecule has 4 nitrogen and oxygen atoms in total. The van der Waals surface area contributed by atoms with E-state index in [0.717, 1.165) is 13.2 Å². The summed E-state index contributed by atoms with van der Waals surface area (Å²) in [6.45, 7) is 0.832. The predicted molar refractivity (Wildman–Crippen MR) is 120 cm³/mol. The summed E-state index contributed by atoms with van der Waals surface area (Å²) in [5.74, 6) is -1.70. The number of halogens is 8. The first-order chi connectivity index (χ1) is 15.5. The summed E-state index contributed by atoms with van der Waals surface area (Å²) in [4.78, 5) is 24.5. The van der Waals surface area contributed by atoms with Crippen molar-refractivity contribution in [1.29, 1.82) is 0 Å². The zero-order valence-corrected chi connectivity index (χ0v) is 20.1. The minimum atomic E-state index is -5.65. The van der Waals surface area contributed by atoms with Crippen LogP contribution in [0, 0.1) is 0 Å². The number of ether oxygens (including phenoxy) is 1. The standard InChI is InChI=1S/C22H17Cl3F5NO3/c1-20(2,26)21(27,22(28,29)30)11-7-14(24)18(15(25)8-11)17(32)9-16(31)10-4-5-13(23)12(6-10)19(33)34-3/h4-9H,31H2,1-3H3. The molecule has 1 atom stereocenters. The van der Waals surface area contributed by atoms with Gasteiger partial charge in [0.05, 0.1) is 33.3 Å². The van der Waals surface area contributed by atoms with E-state index in [2.05, 4.69) is 4.74 Å². The SMILES string of the molecule is COC(=O)c1cc(C(N)=CC(=O)c2c(Cl)cc(C(F)(C(C)(C)F)C(F)(F)F)cc2Cl)ccc1Cl. The molecular weight excluding hydrogens is 528 g/mol. The van der Waals surface area contributed by atoms with E-state index < -0.39 is 50.4 Å². The van der Waals surface area contributed by atoms with Gasteiger partial charge in [0.1, 0.15) is 0 Å². The molecule has 0 saturated carbocycles.